The summed E-state index contributed by atoms with van der Waals surface area (Å²) in [6, 6.07) is 7.13. The van der Waals surface area contributed by atoms with Crippen molar-refractivity contribution in [3.05, 3.63) is 24.3 Å². The van der Waals surface area contributed by atoms with Crippen LogP contribution in [0.4, 0.5) is 5.69 Å². The molecule has 26 heavy (non-hydrogen) atoms. The maximum absolute atomic E-state index is 12.8. The Bertz CT molecular complexity index is 745. The summed E-state index contributed by atoms with van der Waals surface area (Å²) in [5, 5.41) is 0. The minimum absolute atomic E-state index is 0.0438. The quantitative estimate of drug-likeness (QED) is 0.804. The van der Waals surface area contributed by atoms with Crippen LogP contribution in [0.5, 0.6) is 0 Å². The summed E-state index contributed by atoms with van der Waals surface area (Å²) in [4.78, 5) is 17.0. The number of benzene rings is 1. The van der Waals surface area contributed by atoms with Gasteiger partial charge in [0, 0.05) is 38.1 Å². The molecule has 2 atom stereocenters. The maximum Gasteiger partial charge on any atom is 0.242 e. The van der Waals surface area contributed by atoms with Gasteiger partial charge < -0.3 is 15.5 Å². The predicted molar refractivity (Wildman–Crippen MR) is 101 cm³/mol. The third-order valence-electron chi connectivity index (χ3n) is 5.42. The van der Waals surface area contributed by atoms with Crippen molar-refractivity contribution in [3.63, 3.8) is 0 Å². The first-order chi connectivity index (χ1) is 12.4. The number of nitrogens with two attached hydrogens (primary N) is 1. The van der Waals surface area contributed by atoms with Crippen LogP contribution in [0.1, 0.15) is 25.7 Å². The Kier molecular flexibility index (Phi) is 5.84. The van der Waals surface area contributed by atoms with E-state index in [1.54, 1.807) is 12.1 Å². The third-order valence-corrected chi connectivity index (χ3v) is 6.88. The Balaban J connectivity index is 1.67. The second-order valence-electron chi connectivity index (χ2n) is 7.11. The zero-order chi connectivity index (χ0) is 18.7. The number of hydrogen-bond acceptors (Lipinski definition) is 5. The van der Waals surface area contributed by atoms with Gasteiger partial charge >= 0.3 is 0 Å². The van der Waals surface area contributed by atoms with Gasteiger partial charge in [-0.05, 0) is 38.4 Å². The molecule has 0 unspecified atom stereocenters. The lowest BCUT2D eigenvalue weighted by Crippen LogP contribution is -2.51. The van der Waals surface area contributed by atoms with Gasteiger partial charge in [0.2, 0.25) is 15.9 Å². The number of hydrogen-bond donors (Lipinski definition) is 2. The smallest absolute Gasteiger partial charge is 0.242 e. The van der Waals surface area contributed by atoms with Crippen LogP contribution in [0.3, 0.4) is 0 Å². The minimum Gasteiger partial charge on any atom is -0.367 e. The van der Waals surface area contributed by atoms with Gasteiger partial charge in [0.05, 0.1) is 5.69 Å². The summed E-state index contributed by atoms with van der Waals surface area (Å²) in [7, 11) is -2.10. The average molecular weight is 381 g/mol. The molecule has 144 valence electrons. The van der Waals surface area contributed by atoms with Gasteiger partial charge in [-0.3, -0.25) is 4.79 Å². The zero-order valence-electron chi connectivity index (χ0n) is 15.2. The fourth-order valence-corrected chi connectivity index (χ4v) is 4.88. The molecule has 3 rings (SSSR count). The van der Waals surface area contributed by atoms with Crippen LogP contribution >= 0.6 is 0 Å². The normalized spacial score (nSPS) is 24.5. The number of carbonyl (C=O) groups excluding carboxylic acids is 1. The molecule has 1 aromatic rings. The third kappa shape index (κ3) is 4.02. The molecule has 0 spiro atoms. The number of anilines is 1. The molecule has 8 heteroatoms. The highest BCUT2D eigenvalue weighted by atomic mass is 32.2. The molecule has 3 N–H and O–H groups in total. The van der Waals surface area contributed by atoms with Crippen molar-refractivity contribution in [1.29, 1.82) is 0 Å². The van der Waals surface area contributed by atoms with Crippen LogP contribution in [0.15, 0.2) is 29.2 Å². The van der Waals surface area contributed by atoms with Crippen LogP contribution in [0, 0.1) is 5.92 Å². The van der Waals surface area contributed by atoms with Crippen LogP contribution in [0.25, 0.3) is 0 Å². The van der Waals surface area contributed by atoms with Gasteiger partial charge in [-0.15, -0.1) is 0 Å². The molecule has 1 heterocycles. The first-order valence-electron chi connectivity index (χ1n) is 9.24. The van der Waals surface area contributed by atoms with Crippen molar-refractivity contribution in [2.75, 3.05) is 38.1 Å². The summed E-state index contributed by atoms with van der Waals surface area (Å²) < 4.78 is 26.9. The van der Waals surface area contributed by atoms with Crippen molar-refractivity contribution in [1.82, 2.24) is 9.62 Å². The first-order valence-corrected chi connectivity index (χ1v) is 10.7. The Morgan fingerprint density at radius 1 is 1.15 bits per heavy atom. The van der Waals surface area contributed by atoms with E-state index in [9.17, 15) is 13.2 Å². The number of sulfonamides is 1. The molecule has 1 saturated heterocycles. The summed E-state index contributed by atoms with van der Waals surface area (Å²) >= 11 is 0. The monoisotopic (exact) mass is 380 g/mol. The van der Waals surface area contributed by atoms with E-state index in [4.69, 9.17) is 5.73 Å². The van der Waals surface area contributed by atoms with Crippen molar-refractivity contribution >= 4 is 21.6 Å². The first kappa shape index (κ1) is 19.1. The van der Waals surface area contributed by atoms with Crippen molar-refractivity contribution < 1.29 is 13.2 Å². The Morgan fingerprint density at radius 3 is 2.50 bits per heavy atom. The Hall–Kier alpha value is -1.64. The van der Waals surface area contributed by atoms with Crippen molar-refractivity contribution in [3.8, 4) is 0 Å². The van der Waals surface area contributed by atoms with Crippen LogP contribution in [0.2, 0.25) is 0 Å². The zero-order valence-corrected chi connectivity index (χ0v) is 16.0. The second kappa shape index (κ2) is 7.94. The van der Waals surface area contributed by atoms with E-state index in [2.05, 4.69) is 4.72 Å². The number of carbonyl (C=O) groups is 1. The van der Waals surface area contributed by atoms with E-state index in [-0.39, 0.29) is 22.8 Å². The molecule has 2 fully saturated rings. The number of amides is 1. The molecule has 1 saturated carbocycles. The Morgan fingerprint density at radius 2 is 1.85 bits per heavy atom. The predicted octanol–water partition coefficient (Wildman–Crippen LogP) is 0.761. The largest absolute Gasteiger partial charge is 0.367 e. The fourth-order valence-electron chi connectivity index (χ4n) is 3.93. The lowest BCUT2D eigenvalue weighted by molar-refractivity contribution is -0.137. The number of rotatable bonds is 4. The molecule has 1 aliphatic heterocycles. The average Bonchev–Trinajstić information content (AvgIpc) is 2.67. The van der Waals surface area contributed by atoms with E-state index in [1.807, 2.05) is 21.9 Å². The molecule has 1 aromatic carbocycles. The van der Waals surface area contributed by atoms with Gasteiger partial charge in [-0.2, -0.15) is 0 Å². The van der Waals surface area contributed by atoms with E-state index in [1.165, 1.54) is 7.05 Å². The summed E-state index contributed by atoms with van der Waals surface area (Å²) in [6.45, 7) is 2.47. The molecule has 7 nitrogen and oxygen atoms in total. The molecule has 2 aliphatic rings. The second-order valence-corrected chi connectivity index (χ2v) is 8.97. The Labute approximate surface area is 155 Å². The standard InChI is InChI=1S/C18H28N4O3S/c1-20-26(24,25)17-8-3-2-7-16(17)21-9-11-22(12-10-21)18(23)14-5-4-6-15(19)13-14/h2-3,7-8,14-15,20H,4-6,9-13,19H2,1H3/t14-,15+/m1/s1. The van der Waals surface area contributed by atoms with E-state index < -0.39 is 10.0 Å². The van der Waals surface area contributed by atoms with Gasteiger partial charge in [-0.1, -0.05) is 18.6 Å². The van der Waals surface area contributed by atoms with Gasteiger partial charge in [0.15, 0.2) is 0 Å². The summed E-state index contributed by atoms with van der Waals surface area (Å²) in [5.41, 5.74) is 6.71. The number of nitrogens with one attached hydrogen (secondary N) is 1. The molecular weight excluding hydrogens is 352 g/mol. The van der Waals surface area contributed by atoms with Crippen LogP contribution < -0.4 is 15.4 Å². The van der Waals surface area contributed by atoms with E-state index in [0.717, 1.165) is 25.7 Å². The highest BCUT2D eigenvalue weighted by Gasteiger charge is 2.31. The molecule has 0 aromatic heterocycles. The van der Waals surface area contributed by atoms with Gasteiger partial charge in [0.1, 0.15) is 4.90 Å². The highest BCUT2D eigenvalue weighted by molar-refractivity contribution is 7.89. The number of piperazine rings is 1. The minimum atomic E-state index is -3.52. The number of para-hydroxylation sites is 1. The topological polar surface area (TPSA) is 95.7 Å². The van der Waals surface area contributed by atoms with Gasteiger partial charge in [-0.25, -0.2) is 13.1 Å². The lowest BCUT2D eigenvalue weighted by Gasteiger charge is -2.39. The van der Waals surface area contributed by atoms with E-state index >= 15 is 0 Å². The highest BCUT2D eigenvalue weighted by Crippen LogP contribution is 2.28. The lowest BCUT2D eigenvalue weighted by atomic mass is 9.85. The van der Waals surface area contributed by atoms with Crippen LogP contribution in [-0.4, -0.2) is 58.5 Å². The van der Waals surface area contributed by atoms with Gasteiger partial charge in [0.25, 0.3) is 0 Å². The molecule has 1 amide bonds. The van der Waals surface area contributed by atoms with E-state index in [0.29, 0.717) is 31.9 Å². The number of nitrogens with zero attached hydrogens (tertiary/aromatic N) is 2. The SMILES string of the molecule is CNS(=O)(=O)c1ccccc1N1CCN(C(=O)[C@@H]2CCC[C@H](N)C2)CC1. The maximum atomic E-state index is 12.8. The molecule has 1 aliphatic carbocycles. The summed E-state index contributed by atoms with van der Waals surface area (Å²) in [6.07, 6.45) is 3.74. The fraction of sp³-hybridized carbons (Fsp3) is 0.611. The molecular formula is C18H28N4O3S. The summed E-state index contributed by atoms with van der Waals surface area (Å²) in [5.74, 6) is 0.248. The van der Waals surface area contributed by atoms with Crippen LogP contribution in [-0.2, 0) is 14.8 Å². The van der Waals surface area contributed by atoms with Crippen molar-refractivity contribution in [2.45, 2.75) is 36.6 Å². The molecule has 0 radical (unpaired) electrons. The molecule has 0 bridgehead atoms. The van der Waals surface area contributed by atoms with Crippen molar-refractivity contribution in [2.24, 2.45) is 11.7 Å².